The van der Waals surface area contributed by atoms with Gasteiger partial charge >= 0.3 is 0 Å². The maximum Gasteiger partial charge on any atom is 0.248 e. The average molecular weight is 492 g/mol. The number of primary sulfonamides is 1. The number of halogens is 2. The van der Waals surface area contributed by atoms with Gasteiger partial charge in [-0.2, -0.15) is 0 Å². The normalized spacial score (nSPS) is 17.5. The van der Waals surface area contributed by atoms with E-state index < -0.39 is 10.0 Å². The van der Waals surface area contributed by atoms with Gasteiger partial charge in [0.1, 0.15) is 4.90 Å². The summed E-state index contributed by atoms with van der Waals surface area (Å²) in [6, 6.07) is 12.7. The van der Waals surface area contributed by atoms with Gasteiger partial charge in [-0.05, 0) is 36.2 Å². The first kappa shape index (κ1) is 18.4. The summed E-state index contributed by atoms with van der Waals surface area (Å²) in [6.45, 7) is 2.70. The molecule has 2 aromatic rings. The Morgan fingerprint density at radius 1 is 1.36 bits per heavy atom. The summed E-state index contributed by atoms with van der Waals surface area (Å²) in [5.41, 5.74) is 2.89. The molecule has 1 atom stereocenters. The second-order valence-corrected chi connectivity index (χ2v) is 8.02. The van der Waals surface area contributed by atoms with Crippen molar-refractivity contribution in [2.45, 2.75) is 24.4 Å². The van der Waals surface area contributed by atoms with Crippen molar-refractivity contribution in [2.24, 2.45) is 10.2 Å². The van der Waals surface area contributed by atoms with E-state index in [0.717, 1.165) is 0 Å². The summed E-state index contributed by atoms with van der Waals surface area (Å²) in [4.78, 5) is -0.162. The molecule has 1 aliphatic heterocycles. The zero-order valence-corrected chi connectivity index (χ0v) is 16.9. The lowest BCUT2D eigenvalue weighted by Gasteiger charge is -2.19. The molecule has 9 heteroatoms. The van der Waals surface area contributed by atoms with Gasteiger partial charge in [0.15, 0.2) is 23.0 Å². The Labute approximate surface area is 165 Å². The van der Waals surface area contributed by atoms with Crippen LogP contribution >= 0.6 is 34.6 Å². The molecule has 0 fully saturated rings. The second-order valence-electron chi connectivity index (χ2n) is 5.64. The molecule has 1 unspecified atom stereocenters. The molecule has 0 spiro atoms. The van der Waals surface area contributed by atoms with E-state index in [0.29, 0.717) is 12.1 Å². The van der Waals surface area contributed by atoms with E-state index in [-0.39, 0.29) is 21.9 Å². The quantitative estimate of drug-likeness (QED) is 0.404. The van der Waals surface area contributed by atoms with Crippen LogP contribution < -0.4 is 5.14 Å². The molecule has 25 heavy (non-hydrogen) atoms. The van der Waals surface area contributed by atoms with Crippen LogP contribution in [0.5, 0.6) is 0 Å². The third kappa shape index (κ3) is 3.76. The number of nitrogens with zero attached hydrogens (tertiary/aromatic N) is 2. The van der Waals surface area contributed by atoms with E-state index in [1.54, 1.807) is 29.1 Å². The molecule has 1 aliphatic rings. The second kappa shape index (κ2) is 7.10. The Hall–Kier alpha value is -1.36. The van der Waals surface area contributed by atoms with Gasteiger partial charge < -0.3 is 3.07 Å². The monoisotopic (exact) mass is 491 g/mol. The van der Waals surface area contributed by atoms with Crippen LogP contribution in [0.15, 0.2) is 52.5 Å². The Kier molecular flexibility index (Phi) is 5.24. The highest BCUT2D eigenvalue weighted by molar-refractivity contribution is 14.1. The molecule has 1 heterocycles. The highest BCUT2D eigenvalue weighted by Crippen LogP contribution is 2.33. The highest BCUT2D eigenvalue weighted by Gasteiger charge is 2.26. The molecule has 0 amide bonds. The van der Waals surface area contributed by atoms with Gasteiger partial charge in [0.2, 0.25) is 15.9 Å². The first-order chi connectivity index (χ1) is 11.8. The zero-order valence-electron chi connectivity index (χ0n) is 13.2. The largest absolute Gasteiger partial charge is 0.406 e. The Bertz CT molecular complexity index is 949. The number of fused-ring (bicyclic) bond motifs is 1. The molecule has 0 saturated heterocycles. The summed E-state index contributed by atoms with van der Waals surface area (Å²) in [7, 11) is -3.94. The van der Waals surface area contributed by atoms with Gasteiger partial charge in [0, 0.05) is 5.56 Å². The molecular formula is C16H15ClIN3O3S. The van der Waals surface area contributed by atoms with Crippen molar-refractivity contribution in [1.82, 2.24) is 5.01 Å². The number of hydrogen-bond donors (Lipinski definition) is 1. The summed E-state index contributed by atoms with van der Waals surface area (Å²) in [5, 5.41) is 11.7. The summed E-state index contributed by atoms with van der Waals surface area (Å²) < 4.78 is 28.7. The molecule has 0 aliphatic carbocycles. The van der Waals surface area contributed by atoms with Crippen LogP contribution in [-0.4, -0.2) is 19.3 Å². The third-order valence-electron chi connectivity index (χ3n) is 4.06. The minimum absolute atomic E-state index is 0.0565. The van der Waals surface area contributed by atoms with Crippen molar-refractivity contribution in [3.8, 4) is 0 Å². The SMILES string of the molecule is CC1c2ccccc2CN1/N=C(\OI)c1ccc(Cl)c(S(N)(=O)=O)c1. The number of nitrogens with two attached hydrogens (primary N) is 1. The van der Waals surface area contributed by atoms with Gasteiger partial charge in [0.25, 0.3) is 0 Å². The topological polar surface area (TPSA) is 85.0 Å². The highest BCUT2D eigenvalue weighted by atomic mass is 127. The molecule has 0 saturated carbocycles. The van der Waals surface area contributed by atoms with Crippen LogP contribution in [0.1, 0.15) is 29.7 Å². The number of sulfonamides is 1. The third-order valence-corrected chi connectivity index (χ3v) is 5.87. The molecular weight excluding hydrogens is 477 g/mol. The van der Waals surface area contributed by atoms with Crippen molar-refractivity contribution in [2.75, 3.05) is 0 Å². The van der Waals surface area contributed by atoms with Crippen LogP contribution in [-0.2, 0) is 19.6 Å². The van der Waals surface area contributed by atoms with Crippen molar-refractivity contribution < 1.29 is 11.5 Å². The van der Waals surface area contributed by atoms with Crippen molar-refractivity contribution in [3.05, 3.63) is 64.2 Å². The van der Waals surface area contributed by atoms with Gasteiger partial charge in [-0.3, -0.25) is 5.01 Å². The maximum absolute atomic E-state index is 11.7. The molecule has 132 valence electrons. The Morgan fingerprint density at radius 2 is 2.08 bits per heavy atom. The Morgan fingerprint density at radius 3 is 2.72 bits per heavy atom. The molecule has 2 N–H and O–H groups in total. The first-order valence-corrected chi connectivity index (χ1v) is 10.2. The van der Waals surface area contributed by atoms with Gasteiger partial charge in [0.05, 0.1) is 17.6 Å². The summed E-state index contributed by atoms with van der Waals surface area (Å²) in [5.74, 6) is 0.279. The van der Waals surface area contributed by atoms with Gasteiger partial charge in [-0.1, -0.05) is 35.9 Å². The lowest BCUT2D eigenvalue weighted by Crippen LogP contribution is -2.18. The lowest BCUT2D eigenvalue weighted by molar-refractivity contribution is 0.237. The molecule has 0 bridgehead atoms. The molecule has 2 aromatic carbocycles. The predicted octanol–water partition coefficient (Wildman–Crippen LogP) is 3.59. The van der Waals surface area contributed by atoms with E-state index in [1.807, 2.05) is 17.1 Å². The van der Waals surface area contributed by atoms with Crippen LogP contribution in [0.3, 0.4) is 0 Å². The molecule has 0 aromatic heterocycles. The first-order valence-electron chi connectivity index (χ1n) is 7.35. The summed E-state index contributed by atoms with van der Waals surface area (Å²) >= 11 is 7.65. The Balaban J connectivity index is 1.98. The van der Waals surface area contributed by atoms with Crippen LogP contribution in [0, 0.1) is 0 Å². The van der Waals surface area contributed by atoms with Crippen molar-refractivity contribution in [1.29, 1.82) is 0 Å². The average Bonchev–Trinajstić information content (AvgIpc) is 2.88. The lowest BCUT2D eigenvalue weighted by atomic mass is 10.1. The van der Waals surface area contributed by atoms with E-state index in [2.05, 4.69) is 24.2 Å². The fourth-order valence-corrected chi connectivity index (χ4v) is 4.18. The number of rotatable bonds is 3. The molecule has 3 rings (SSSR count). The van der Waals surface area contributed by atoms with E-state index in [1.165, 1.54) is 23.3 Å². The number of benzene rings is 2. The van der Waals surface area contributed by atoms with Crippen molar-refractivity contribution >= 4 is 50.5 Å². The minimum Gasteiger partial charge on any atom is -0.406 e. The fourth-order valence-electron chi connectivity index (χ4n) is 2.77. The van der Waals surface area contributed by atoms with E-state index >= 15 is 0 Å². The van der Waals surface area contributed by atoms with Gasteiger partial charge in [-0.15, -0.1) is 5.10 Å². The van der Waals surface area contributed by atoms with Crippen LogP contribution in [0.2, 0.25) is 5.02 Å². The fraction of sp³-hybridized carbons (Fsp3) is 0.188. The summed E-state index contributed by atoms with van der Waals surface area (Å²) in [6.07, 6.45) is 0. The van der Waals surface area contributed by atoms with Crippen LogP contribution in [0.4, 0.5) is 0 Å². The smallest absolute Gasteiger partial charge is 0.248 e. The number of hydrazone groups is 1. The zero-order chi connectivity index (χ0) is 18.2. The van der Waals surface area contributed by atoms with Gasteiger partial charge in [-0.25, -0.2) is 13.6 Å². The van der Waals surface area contributed by atoms with Crippen LogP contribution in [0.25, 0.3) is 0 Å². The predicted molar refractivity (Wildman–Crippen MR) is 105 cm³/mol. The standard InChI is InChI=1S/C16H15ClIN3O3S/c1-10-13-5-3-2-4-12(13)9-21(10)20-16(24-18)11-6-7-14(17)15(8-11)25(19,22)23/h2-8,10H,9H2,1H3,(H2,19,22,23)/b20-16-. The molecule has 0 radical (unpaired) electrons. The van der Waals surface area contributed by atoms with E-state index in [4.69, 9.17) is 19.8 Å². The van der Waals surface area contributed by atoms with Crippen molar-refractivity contribution in [3.63, 3.8) is 0 Å². The van der Waals surface area contributed by atoms with E-state index in [9.17, 15) is 8.42 Å². The molecule has 6 nitrogen and oxygen atoms in total. The number of hydrogen-bond acceptors (Lipinski definition) is 5. The minimum atomic E-state index is -3.94. The maximum atomic E-state index is 11.7.